The van der Waals surface area contributed by atoms with Crippen molar-refractivity contribution in [1.82, 2.24) is 9.80 Å². The first-order chi connectivity index (χ1) is 14.8. The van der Waals surface area contributed by atoms with Gasteiger partial charge in [0.2, 0.25) is 0 Å². The van der Waals surface area contributed by atoms with Gasteiger partial charge in [0.15, 0.2) is 9.84 Å². The normalized spacial score (nSPS) is 23.9. The number of aryl methyl sites for hydroxylation is 1. The molecule has 1 saturated heterocycles. The first-order valence-electron chi connectivity index (χ1n) is 11.2. The molecule has 1 heterocycles. The Labute approximate surface area is 186 Å². The van der Waals surface area contributed by atoms with Crippen molar-refractivity contribution in [3.8, 4) is 0 Å². The molecule has 1 saturated carbocycles. The van der Waals surface area contributed by atoms with Crippen LogP contribution < -0.4 is 0 Å². The first kappa shape index (κ1) is 21.9. The highest BCUT2D eigenvalue weighted by molar-refractivity contribution is 7.92. The zero-order chi connectivity index (χ0) is 22.2. The number of hydrogen-bond donors (Lipinski definition) is 0. The molecule has 2 aromatic carbocycles. The SMILES string of the molecule is Cc1ccc(S(=O)(=O)[C@H](C2CCCCC2)N2C(=O)N(C)[C@H](C)[C@H]2c2ccccc2)cc1. The van der Waals surface area contributed by atoms with E-state index in [9.17, 15) is 13.2 Å². The van der Waals surface area contributed by atoms with Crippen molar-refractivity contribution in [2.75, 3.05) is 7.05 Å². The lowest BCUT2D eigenvalue weighted by atomic mass is 9.88. The Morgan fingerprint density at radius 1 is 0.935 bits per heavy atom. The number of carbonyl (C=O) groups excluding carboxylic acids is 1. The predicted octanol–water partition coefficient (Wildman–Crippen LogP) is 5.17. The maximum atomic E-state index is 14.1. The second-order valence-electron chi connectivity index (χ2n) is 9.04. The van der Waals surface area contributed by atoms with Gasteiger partial charge in [0.05, 0.1) is 17.0 Å². The average Bonchev–Trinajstić information content (AvgIpc) is 2.99. The number of likely N-dealkylation sites (N-methyl/N-ethyl adjacent to an activating group) is 1. The molecule has 0 N–H and O–H groups in total. The van der Waals surface area contributed by atoms with Crippen LogP contribution in [0.2, 0.25) is 0 Å². The van der Waals surface area contributed by atoms with Crippen LogP contribution in [-0.2, 0) is 9.84 Å². The highest BCUT2D eigenvalue weighted by atomic mass is 32.2. The fraction of sp³-hybridized carbons (Fsp3) is 0.480. The van der Waals surface area contributed by atoms with Crippen molar-refractivity contribution in [3.63, 3.8) is 0 Å². The van der Waals surface area contributed by atoms with E-state index in [1.54, 1.807) is 29.0 Å². The Kier molecular flexibility index (Phi) is 6.11. The summed E-state index contributed by atoms with van der Waals surface area (Å²) in [4.78, 5) is 17.2. The number of carbonyl (C=O) groups is 1. The van der Waals surface area contributed by atoms with Crippen molar-refractivity contribution in [1.29, 1.82) is 0 Å². The minimum atomic E-state index is -3.74. The fourth-order valence-electron chi connectivity index (χ4n) is 5.19. The lowest BCUT2D eigenvalue weighted by molar-refractivity contribution is 0.154. The van der Waals surface area contributed by atoms with E-state index in [-0.39, 0.29) is 24.0 Å². The summed E-state index contributed by atoms with van der Waals surface area (Å²) >= 11 is 0. The van der Waals surface area contributed by atoms with Crippen LogP contribution in [0.5, 0.6) is 0 Å². The monoisotopic (exact) mass is 440 g/mol. The van der Waals surface area contributed by atoms with E-state index in [1.165, 1.54) is 0 Å². The van der Waals surface area contributed by atoms with Crippen LogP contribution in [0.1, 0.15) is 56.2 Å². The van der Waals surface area contributed by atoms with Crippen LogP contribution in [0.15, 0.2) is 59.5 Å². The lowest BCUT2D eigenvalue weighted by Gasteiger charge is -2.39. The van der Waals surface area contributed by atoms with Gasteiger partial charge in [0.1, 0.15) is 5.37 Å². The van der Waals surface area contributed by atoms with Gasteiger partial charge in [-0.25, -0.2) is 13.2 Å². The highest BCUT2D eigenvalue weighted by Gasteiger charge is 2.52. The van der Waals surface area contributed by atoms with Gasteiger partial charge in [0, 0.05) is 7.05 Å². The van der Waals surface area contributed by atoms with Crippen LogP contribution in [0.3, 0.4) is 0 Å². The van der Waals surface area contributed by atoms with Gasteiger partial charge >= 0.3 is 6.03 Å². The number of urea groups is 1. The number of benzene rings is 2. The van der Waals surface area contributed by atoms with Gasteiger partial charge in [-0.05, 0) is 50.3 Å². The van der Waals surface area contributed by atoms with Crippen molar-refractivity contribution < 1.29 is 13.2 Å². The summed E-state index contributed by atoms with van der Waals surface area (Å²) in [5.74, 6) is -0.0612. The number of hydrogen-bond acceptors (Lipinski definition) is 3. The van der Waals surface area contributed by atoms with Crippen LogP contribution in [-0.4, -0.2) is 42.7 Å². The van der Waals surface area contributed by atoms with E-state index in [0.717, 1.165) is 43.2 Å². The van der Waals surface area contributed by atoms with Gasteiger partial charge < -0.3 is 4.90 Å². The third-order valence-corrected chi connectivity index (χ3v) is 9.20. The second-order valence-corrected chi connectivity index (χ2v) is 11.1. The van der Waals surface area contributed by atoms with Crippen LogP contribution in [0.4, 0.5) is 4.79 Å². The minimum Gasteiger partial charge on any atom is -0.323 e. The molecular weight excluding hydrogens is 408 g/mol. The molecule has 1 aliphatic carbocycles. The summed E-state index contributed by atoms with van der Waals surface area (Å²) in [6, 6.07) is 16.3. The molecule has 0 bridgehead atoms. The molecule has 0 aromatic heterocycles. The van der Waals surface area contributed by atoms with Gasteiger partial charge in [-0.15, -0.1) is 0 Å². The molecular formula is C25H32N2O3S. The molecule has 4 rings (SSSR count). The topological polar surface area (TPSA) is 57.7 Å². The van der Waals surface area contributed by atoms with E-state index in [1.807, 2.05) is 56.3 Å². The molecule has 31 heavy (non-hydrogen) atoms. The summed E-state index contributed by atoms with van der Waals surface area (Å²) in [6.07, 6.45) is 4.81. The van der Waals surface area contributed by atoms with Crippen molar-refractivity contribution in [2.24, 2.45) is 5.92 Å². The van der Waals surface area contributed by atoms with Gasteiger partial charge in [-0.3, -0.25) is 4.90 Å². The molecule has 0 unspecified atom stereocenters. The maximum absolute atomic E-state index is 14.1. The third-order valence-electron chi connectivity index (χ3n) is 7.03. The van der Waals surface area contributed by atoms with Crippen molar-refractivity contribution in [2.45, 2.75) is 68.3 Å². The van der Waals surface area contributed by atoms with Crippen LogP contribution in [0.25, 0.3) is 0 Å². The Morgan fingerprint density at radius 2 is 1.55 bits per heavy atom. The summed E-state index contributed by atoms with van der Waals surface area (Å²) in [5.41, 5.74) is 1.99. The maximum Gasteiger partial charge on any atom is 0.321 e. The summed E-state index contributed by atoms with van der Waals surface area (Å²) in [6.45, 7) is 3.95. The molecule has 3 atom stereocenters. The molecule has 166 valence electrons. The standard InChI is InChI=1S/C25H32N2O3S/c1-18-14-16-22(17-15-18)31(29,30)24(21-12-8-5-9-13-21)27-23(19(2)26(3)25(27)28)20-10-6-4-7-11-20/h4,6-7,10-11,14-17,19,21,23-24H,5,8-9,12-13H2,1-3H3/t19-,23+,24-/m1/s1. The van der Waals surface area contributed by atoms with E-state index in [4.69, 9.17) is 0 Å². The largest absolute Gasteiger partial charge is 0.323 e. The second kappa shape index (κ2) is 8.65. The van der Waals surface area contributed by atoms with Crippen molar-refractivity contribution >= 4 is 15.9 Å². The van der Waals surface area contributed by atoms with Crippen LogP contribution in [0, 0.1) is 12.8 Å². The van der Waals surface area contributed by atoms with E-state index in [2.05, 4.69) is 0 Å². The molecule has 0 spiro atoms. The Bertz CT molecular complexity index is 1010. The molecule has 2 aromatic rings. The smallest absolute Gasteiger partial charge is 0.321 e. The number of sulfone groups is 1. The fourth-order valence-corrected chi connectivity index (χ4v) is 7.29. The van der Waals surface area contributed by atoms with E-state index in [0.29, 0.717) is 4.90 Å². The Hall–Kier alpha value is -2.34. The number of rotatable bonds is 5. The van der Waals surface area contributed by atoms with Gasteiger partial charge in [-0.2, -0.15) is 0 Å². The molecule has 1 aliphatic heterocycles. The first-order valence-corrected chi connectivity index (χ1v) is 12.8. The molecule has 2 aliphatic rings. The van der Waals surface area contributed by atoms with Gasteiger partial charge in [-0.1, -0.05) is 67.3 Å². The summed E-state index contributed by atoms with van der Waals surface area (Å²) < 4.78 is 28.1. The molecule has 2 amide bonds. The Morgan fingerprint density at radius 3 is 2.16 bits per heavy atom. The lowest BCUT2D eigenvalue weighted by Crippen LogP contribution is -2.49. The molecule has 5 nitrogen and oxygen atoms in total. The number of amides is 2. The average molecular weight is 441 g/mol. The molecule has 0 radical (unpaired) electrons. The summed E-state index contributed by atoms with van der Waals surface area (Å²) in [5, 5.41) is -0.861. The third kappa shape index (κ3) is 3.98. The van der Waals surface area contributed by atoms with Gasteiger partial charge in [0.25, 0.3) is 0 Å². The number of nitrogens with zero attached hydrogens (tertiary/aromatic N) is 2. The quantitative estimate of drug-likeness (QED) is 0.644. The summed E-state index contributed by atoms with van der Waals surface area (Å²) in [7, 11) is -1.97. The zero-order valence-electron chi connectivity index (χ0n) is 18.6. The molecule has 6 heteroatoms. The van der Waals surface area contributed by atoms with Crippen LogP contribution >= 0.6 is 0 Å². The minimum absolute atomic E-state index is 0.0612. The van der Waals surface area contributed by atoms with Crippen molar-refractivity contribution in [3.05, 3.63) is 65.7 Å². The Balaban J connectivity index is 1.85. The zero-order valence-corrected chi connectivity index (χ0v) is 19.4. The van der Waals surface area contributed by atoms with E-state index >= 15 is 0 Å². The predicted molar refractivity (Wildman–Crippen MR) is 122 cm³/mol. The van der Waals surface area contributed by atoms with E-state index < -0.39 is 15.2 Å². The highest BCUT2D eigenvalue weighted by Crippen LogP contribution is 2.43. The molecule has 2 fully saturated rings.